The van der Waals surface area contributed by atoms with Crippen LogP contribution in [0.15, 0.2) is 35.5 Å². The number of hydrogen-bond acceptors (Lipinski definition) is 4. The van der Waals surface area contributed by atoms with Crippen molar-refractivity contribution >= 4 is 12.0 Å². The van der Waals surface area contributed by atoms with Crippen molar-refractivity contribution in [2.24, 2.45) is 0 Å². The molecule has 0 radical (unpaired) electrons. The summed E-state index contributed by atoms with van der Waals surface area (Å²) in [7, 11) is 4.42. The molecule has 1 aromatic rings. The average molecular weight is 290 g/mol. The van der Waals surface area contributed by atoms with Crippen molar-refractivity contribution in [3.05, 3.63) is 41.1 Å². The molecule has 0 saturated carbocycles. The van der Waals surface area contributed by atoms with E-state index in [1.54, 1.807) is 14.0 Å². The monoisotopic (exact) mass is 290 g/mol. The minimum absolute atomic E-state index is 0.266. The molecule has 2 amide bonds. The number of ether oxygens (including phenoxy) is 2. The lowest BCUT2D eigenvalue weighted by atomic mass is 9.96. The first-order valence-corrected chi connectivity index (χ1v) is 6.46. The summed E-state index contributed by atoms with van der Waals surface area (Å²) in [6.45, 7) is 1.80. The highest BCUT2D eigenvalue weighted by Crippen LogP contribution is 2.30. The minimum Gasteiger partial charge on any atom is -0.497 e. The lowest BCUT2D eigenvalue weighted by Gasteiger charge is -2.33. The molecular weight excluding hydrogens is 272 g/mol. The molecule has 1 aliphatic heterocycles. The maximum absolute atomic E-state index is 12.0. The summed E-state index contributed by atoms with van der Waals surface area (Å²) in [5, 5.41) is 2.86. The zero-order valence-corrected chi connectivity index (χ0v) is 12.5. The second kappa shape index (κ2) is 5.87. The third-order valence-electron chi connectivity index (χ3n) is 3.54. The Balaban J connectivity index is 2.44. The molecule has 1 N–H and O–H groups in total. The van der Waals surface area contributed by atoms with E-state index < -0.39 is 5.97 Å². The van der Waals surface area contributed by atoms with Crippen molar-refractivity contribution in [1.82, 2.24) is 10.2 Å². The van der Waals surface area contributed by atoms with Crippen LogP contribution in [0, 0.1) is 0 Å². The van der Waals surface area contributed by atoms with Crippen molar-refractivity contribution in [2.75, 3.05) is 21.3 Å². The van der Waals surface area contributed by atoms with Crippen molar-refractivity contribution < 1.29 is 19.1 Å². The number of methoxy groups -OCH3 is 2. The number of benzene rings is 1. The molecule has 0 aromatic heterocycles. The second-order valence-electron chi connectivity index (χ2n) is 4.74. The van der Waals surface area contributed by atoms with Crippen molar-refractivity contribution in [2.45, 2.75) is 13.0 Å². The van der Waals surface area contributed by atoms with Gasteiger partial charge in [0.1, 0.15) is 11.4 Å². The molecule has 1 aromatic carbocycles. The Morgan fingerprint density at radius 2 is 1.86 bits per heavy atom. The van der Waals surface area contributed by atoms with E-state index in [-0.39, 0.29) is 17.8 Å². The Labute approximate surface area is 123 Å². The third kappa shape index (κ3) is 2.69. The summed E-state index contributed by atoms with van der Waals surface area (Å²) in [5.74, 6) is 0.205. The normalized spacial score (nSPS) is 18.4. The van der Waals surface area contributed by atoms with Gasteiger partial charge in [0.05, 0.1) is 20.3 Å². The van der Waals surface area contributed by atoms with Gasteiger partial charge in [-0.05, 0) is 30.2 Å². The first kappa shape index (κ1) is 14.9. The van der Waals surface area contributed by atoms with E-state index in [0.717, 1.165) is 16.9 Å². The highest BCUT2D eigenvalue weighted by atomic mass is 16.5. The summed E-state index contributed by atoms with van der Waals surface area (Å²) in [5.41, 5.74) is 1.87. The number of carbonyl (C=O) groups excluding carboxylic acids is 2. The Kier molecular flexibility index (Phi) is 4.16. The summed E-state index contributed by atoms with van der Waals surface area (Å²) in [6, 6.07) is 6.62. The van der Waals surface area contributed by atoms with Gasteiger partial charge in [-0.3, -0.25) is 4.90 Å². The molecule has 0 unspecified atom stereocenters. The van der Waals surface area contributed by atoms with Gasteiger partial charge >= 0.3 is 12.0 Å². The topological polar surface area (TPSA) is 67.9 Å². The van der Waals surface area contributed by atoms with Crippen LogP contribution in [0.4, 0.5) is 4.79 Å². The fraction of sp³-hybridized carbons (Fsp3) is 0.333. The molecule has 1 heterocycles. The number of carbonyl (C=O) groups is 2. The van der Waals surface area contributed by atoms with E-state index in [4.69, 9.17) is 9.47 Å². The van der Waals surface area contributed by atoms with E-state index in [1.165, 1.54) is 19.1 Å². The fourth-order valence-electron chi connectivity index (χ4n) is 2.36. The van der Waals surface area contributed by atoms with Gasteiger partial charge in [-0.15, -0.1) is 0 Å². The van der Waals surface area contributed by atoms with Crippen LogP contribution in [-0.4, -0.2) is 38.2 Å². The van der Waals surface area contributed by atoms with Crippen LogP contribution in [0.1, 0.15) is 18.5 Å². The predicted molar refractivity (Wildman–Crippen MR) is 76.7 cm³/mol. The number of urea groups is 1. The number of likely N-dealkylation sites (N-methyl/N-ethyl adjacent to an activating group) is 1. The second-order valence-corrected chi connectivity index (χ2v) is 4.74. The maximum Gasteiger partial charge on any atom is 0.354 e. The molecule has 2 rings (SSSR count). The summed E-state index contributed by atoms with van der Waals surface area (Å²) in [4.78, 5) is 25.2. The maximum atomic E-state index is 12.0. The Morgan fingerprint density at radius 1 is 1.24 bits per heavy atom. The van der Waals surface area contributed by atoms with Crippen LogP contribution in [0.5, 0.6) is 5.75 Å². The Hall–Kier alpha value is -2.50. The Bertz CT molecular complexity index is 592. The lowest BCUT2D eigenvalue weighted by Crippen LogP contribution is -2.46. The van der Waals surface area contributed by atoms with Crippen molar-refractivity contribution in [1.29, 1.82) is 0 Å². The molecule has 112 valence electrons. The van der Waals surface area contributed by atoms with Gasteiger partial charge in [0.2, 0.25) is 0 Å². The molecule has 1 atom stereocenters. The van der Waals surface area contributed by atoms with Crippen LogP contribution < -0.4 is 10.1 Å². The van der Waals surface area contributed by atoms with Gasteiger partial charge in [-0.2, -0.15) is 0 Å². The van der Waals surface area contributed by atoms with Gasteiger partial charge in [-0.1, -0.05) is 12.1 Å². The number of amides is 2. The lowest BCUT2D eigenvalue weighted by molar-refractivity contribution is -0.137. The minimum atomic E-state index is -0.525. The van der Waals surface area contributed by atoms with Crippen molar-refractivity contribution in [3.8, 4) is 5.75 Å². The molecule has 0 aliphatic carbocycles. The van der Waals surface area contributed by atoms with E-state index in [0.29, 0.717) is 0 Å². The summed E-state index contributed by atoms with van der Waals surface area (Å²) < 4.78 is 9.88. The first-order valence-electron chi connectivity index (χ1n) is 6.46. The molecule has 0 saturated heterocycles. The average Bonchev–Trinajstić information content (AvgIpc) is 2.51. The largest absolute Gasteiger partial charge is 0.497 e. The number of rotatable bonds is 3. The van der Waals surface area contributed by atoms with Gasteiger partial charge < -0.3 is 14.8 Å². The SMILES string of the molecule is COC(=O)C1=C(C)[C@@H](c2ccc(OC)cc2)NC(=O)N1C. The summed E-state index contributed by atoms with van der Waals surface area (Å²) in [6.07, 6.45) is 0. The Morgan fingerprint density at radius 3 is 2.38 bits per heavy atom. The molecule has 21 heavy (non-hydrogen) atoms. The summed E-state index contributed by atoms with van der Waals surface area (Å²) >= 11 is 0. The van der Waals surface area contributed by atoms with Gasteiger partial charge in [0.15, 0.2) is 0 Å². The predicted octanol–water partition coefficient (Wildman–Crippen LogP) is 1.84. The smallest absolute Gasteiger partial charge is 0.354 e. The number of hydrogen-bond donors (Lipinski definition) is 1. The molecule has 0 spiro atoms. The van der Waals surface area contributed by atoms with Gasteiger partial charge in [-0.25, -0.2) is 9.59 Å². The zero-order chi connectivity index (χ0) is 15.6. The highest BCUT2D eigenvalue weighted by Gasteiger charge is 2.33. The standard InChI is InChI=1S/C15H18N2O4/c1-9-12(10-5-7-11(20-3)8-6-10)16-15(19)17(2)13(9)14(18)21-4/h5-8,12H,1-4H3,(H,16,19)/t12-/m0/s1. The molecular formula is C15H18N2O4. The van der Waals surface area contributed by atoms with E-state index in [1.807, 2.05) is 24.3 Å². The first-order chi connectivity index (χ1) is 9.99. The van der Waals surface area contributed by atoms with Gasteiger partial charge in [0, 0.05) is 7.05 Å². The molecule has 0 bridgehead atoms. The quantitative estimate of drug-likeness (QED) is 0.862. The van der Waals surface area contributed by atoms with Crippen LogP contribution in [0.3, 0.4) is 0 Å². The zero-order valence-electron chi connectivity index (χ0n) is 12.5. The number of nitrogens with one attached hydrogen (secondary N) is 1. The molecule has 6 nitrogen and oxygen atoms in total. The third-order valence-corrected chi connectivity index (χ3v) is 3.54. The fourth-order valence-corrected chi connectivity index (χ4v) is 2.36. The van der Waals surface area contributed by atoms with Gasteiger partial charge in [0.25, 0.3) is 0 Å². The van der Waals surface area contributed by atoms with E-state index >= 15 is 0 Å². The molecule has 1 aliphatic rings. The number of esters is 1. The van der Waals surface area contributed by atoms with Crippen LogP contribution in [0.25, 0.3) is 0 Å². The van der Waals surface area contributed by atoms with Crippen LogP contribution in [-0.2, 0) is 9.53 Å². The number of nitrogens with zero attached hydrogens (tertiary/aromatic N) is 1. The van der Waals surface area contributed by atoms with E-state index in [9.17, 15) is 9.59 Å². The highest BCUT2D eigenvalue weighted by molar-refractivity contribution is 5.95. The van der Waals surface area contributed by atoms with E-state index in [2.05, 4.69) is 5.32 Å². The van der Waals surface area contributed by atoms with Crippen LogP contribution >= 0.6 is 0 Å². The molecule has 6 heteroatoms. The van der Waals surface area contributed by atoms with Crippen molar-refractivity contribution in [3.63, 3.8) is 0 Å². The molecule has 0 fully saturated rings. The van der Waals surface area contributed by atoms with Crippen LogP contribution in [0.2, 0.25) is 0 Å².